The molecular weight excluding hydrogens is 270 g/mol. The van der Waals surface area contributed by atoms with Crippen molar-refractivity contribution in [1.29, 1.82) is 0 Å². The lowest BCUT2D eigenvalue weighted by Crippen LogP contribution is -2.41. The molecule has 2 amide bonds. The van der Waals surface area contributed by atoms with Crippen LogP contribution in [-0.2, 0) is 14.3 Å². The number of carbonyl (C=O) groups is 2. The molecule has 1 aliphatic rings. The second-order valence-electron chi connectivity index (χ2n) is 4.35. The second kappa shape index (κ2) is 11.0. The monoisotopic (exact) mass is 293 g/mol. The summed E-state index contributed by atoms with van der Waals surface area (Å²) in [6.07, 6.45) is 1.55. The molecule has 1 rings (SSSR count). The maximum atomic E-state index is 11.6. The largest absolute Gasteiger partial charge is 0.375 e. The van der Waals surface area contributed by atoms with Crippen LogP contribution in [-0.4, -0.2) is 50.7 Å². The molecule has 0 aromatic carbocycles. The van der Waals surface area contributed by atoms with Crippen LogP contribution in [0.3, 0.4) is 0 Å². The van der Waals surface area contributed by atoms with E-state index in [1.165, 1.54) is 0 Å². The molecule has 0 aliphatic carbocycles. The maximum absolute atomic E-state index is 11.6. The molecule has 1 unspecified atom stereocenters. The van der Waals surface area contributed by atoms with E-state index >= 15 is 0 Å². The lowest BCUT2D eigenvalue weighted by Gasteiger charge is -2.22. The Labute approximate surface area is 120 Å². The van der Waals surface area contributed by atoms with Gasteiger partial charge in [0, 0.05) is 32.6 Å². The Hall–Kier alpha value is -0.850. The van der Waals surface area contributed by atoms with E-state index < -0.39 is 0 Å². The first-order valence-corrected chi connectivity index (χ1v) is 6.58. The van der Waals surface area contributed by atoms with Crippen molar-refractivity contribution in [3.8, 4) is 0 Å². The van der Waals surface area contributed by atoms with Crippen LogP contribution in [0.4, 0.5) is 0 Å². The Morgan fingerprint density at radius 3 is 2.63 bits per heavy atom. The summed E-state index contributed by atoms with van der Waals surface area (Å²) in [6, 6.07) is 0. The quantitative estimate of drug-likeness (QED) is 0.608. The van der Waals surface area contributed by atoms with Crippen molar-refractivity contribution < 1.29 is 14.3 Å². The number of halogens is 1. The molecule has 0 aromatic heterocycles. The third kappa shape index (κ3) is 8.80. The fraction of sp³-hybridized carbons (Fsp3) is 0.833. The van der Waals surface area contributed by atoms with E-state index in [0.717, 1.165) is 13.0 Å². The number of rotatable bonds is 7. The Kier molecular flexibility index (Phi) is 10.5. The fourth-order valence-corrected chi connectivity index (χ4v) is 1.70. The molecule has 0 saturated carbocycles. The van der Waals surface area contributed by atoms with Crippen LogP contribution in [0.2, 0.25) is 0 Å². The van der Waals surface area contributed by atoms with Crippen molar-refractivity contribution in [2.24, 2.45) is 0 Å². The third-order valence-electron chi connectivity index (χ3n) is 2.66. The zero-order valence-corrected chi connectivity index (χ0v) is 12.2. The van der Waals surface area contributed by atoms with Gasteiger partial charge < -0.3 is 20.7 Å². The molecule has 1 fully saturated rings. The van der Waals surface area contributed by atoms with Gasteiger partial charge in [-0.25, -0.2) is 0 Å². The molecule has 7 heteroatoms. The minimum atomic E-state index is -0.0630. The highest BCUT2D eigenvalue weighted by atomic mass is 35.5. The topological polar surface area (TPSA) is 79.5 Å². The van der Waals surface area contributed by atoms with Crippen molar-refractivity contribution in [3.05, 3.63) is 0 Å². The van der Waals surface area contributed by atoms with Gasteiger partial charge in [0.1, 0.15) is 0 Å². The number of hydrogen-bond acceptors (Lipinski definition) is 4. The summed E-state index contributed by atoms with van der Waals surface area (Å²) in [5.74, 6) is -0.0836. The molecule has 0 radical (unpaired) electrons. The fourth-order valence-electron chi connectivity index (χ4n) is 1.70. The van der Waals surface area contributed by atoms with Crippen molar-refractivity contribution >= 4 is 24.2 Å². The molecule has 0 bridgehead atoms. The van der Waals surface area contributed by atoms with E-state index in [0.29, 0.717) is 39.1 Å². The highest BCUT2D eigenvalue weighted by molar-refractivity contribution is 5.85. The SMILES string of the molecule is CCCNC(=O)CCNC(=O)CC1CNCCO1.Cl. The molecule has 1 saturated heterocycles. The van der Waals surface area contributed by atoms with Crippen molar-refractivity contribution in [1.82, 2.24) is 16.0 Å². The number of carbonyl (C=O) groups excluding carboxylic acids is 2. The van der Waals surface area contributed by atoms with E-state index in [-0.39, 0.29) is 30.3 Å². The maximum Gasteiger partial charge on any atom is 0.222 e. The zero-order chi connectivity index (χ0) is 13.2. The molecule has 1 aliphatic heterocycles. The molecule has 0 spiro atoms. The van der Waals surface area contributed by atoms with Crippen LogP contribution in [0.25, 0.3) is 0 Å². The van der Waals surface area contributed by atoms with Crippen molar-refractivity contribution in [2.75, 3.05) is 32.8 Å². The summed E-state index contributed by atoms with van der Waals surface area (Å²) in [6.45, 7) is 5.28. The van der Waals surface area contributed by atoms with Gasteiger partial charge in [-0.3, -0.25) is 9.59 Å². The molecule has 19 heavy (non-hydrogen) atoms. The van der Waals surface area contributed by atoms with Gasteiger partial charge in [-0.05, 0) is 6.42 Å². The lowest BCUT2D eigenvalue weighted by molar-refractivity contribution is -0.124. The average molecular weight is 294 g/mol. The van der Waals surface area contributed by atoms with Crippen molar-refractivity contribution in [3.63, 3.8) is 0 Å². The zero-order valence-electron chi connectivity index (χ0n) is 11.4. The minimum Gasteiger partial charge on any atom is -0.375 e. The summed E-state index contributed by atoms with van der Waals surface area (Å²) >= 11 is 0. The smallest absolute Gasteiger partial charge is 0.222 e. The van der Waals surface area contributed by atoms with E-state index in [1.54, 1.807) is 0 Å². The first-order chi connectivity index (χ1) is 8.72. The number of hydrogen-bond donors (Lipinski definition) is 3. The van der Waals surface area contributed by atoms with Crippen LogP contribution in [0.15, 0.2) is 0 Å². The van der Waals surface area contributed by atoms with E-state index in [1.807, 2.05) is 6.92 Å². The van der Waals surface area contributed by atoms with Gasteiger partial charge in [0.15, 0.2) is 0 Å². The average Bonchev–Trinajstić information content (AvgIpc) is 2.37. The van der Waals surface area contributed by atoms with Crippen LogP contribution in [0, 0.1) is 0 Å². The van der Waals surface area contributed by atoms with Crippen LogP contribution in [0.5, 0.6) is 0 Å². The highest BCUT2D eigenvalue weighted by Crippen LogP contribution is 2.00. The molecule has 0 aromatic rings. The standard InChI is InChI=1S/C12H23N3O3.ClH/c1-2-4-14-11(16)3-5-15-12(17)8-10-9-13-6-7-18-10;/h10,13H,2-9H2,1H3,(H,14,16)(H,15,17);1H. The molecule has 1 atom stereocenters. The summed E-state index contributed by atoms with van der Waals surface area (Å²) < 4.78 is 5.43. The van der Waals surface area contributed by atoms with Crippen molar-refractivity contribution in [2.45, 2.75) is 32.3 Å². The van der Waals surface area contributed by atoms with Gasteiger partial charge in [0.2, 0.25) is 11.8 Å². The molecule has 6 nitrogen and oxygen atoms in total. The predicted octanol–water partition coefficient (Wildman–Crippen LogP) is -0.181. The molecule has 3 N–H and O–H groups in total. The van der Waals surface area contributed by atoms with E-state index in [9.17, 15) is 9.59 Å². The first kappa shape index (κ1) is 18.1. The Bertz CT molecular complexity index is 271. The minimum absolute atomic E-state index is 0. The van der Waals surface area contributed by atoms with Gasteiger partial charge in [-0.1, -0.05) is 6.92 Å². The van der Waals surface area contributed by atoms with Crippen LogP contribution >= 0.6 is 12.4 Å². The highest BCUT2D eigenvalue weighted by Gasteiger charge is 2.16. The Morgan fingerprint density at radius 2 is 2.00 bits per heavy atom. The van der Waals surface area contributed by atoms with Crippen LogP contribution < -0.4 is 16.0 Å². The first-order valence-electron chi connectivity index (χ1n) is 6.58. The van der Waals surface area contributed by atoms with Gasteiger partial charge in [0.25, 0.3) is 0 Å². The number of nitrogens with one attached hydrogen (secondary N) is 3. The Balaban J connectivity index is 0.00000324. The Morgan fingerprint density at radius 1 is 1.26 bits per heavy atom. The van der Waals surface area contributed by atoms with Gasteiger partial charge in [-0.2, -0.15) is 0 Å². The normalized spacial score (nSPS) is 18.3. The number of morpholine rings is 1. The molecular formula is C12H24ClN3O3. The summed E-state index contributed by atoms with van der Waals surface area (Å²) in [5, 5.41) is 8.66. The van der Waals surface area contributed by atoms with Gasteiger partial charge in [0.05, 0.1) is 19.1 Å². The van der Waals surface area contributed by atoms with Gasteiger partial charge >= 0.3 is 0 Å². The lowest BCUT2D eigenvalue weighted by atomic mass is 10.2. The second-order valence-corrected chi connectivity index (χ2v) is 4.35. The van der Waals surface area contributed by atoms with E-state index in [4.69, 9.17) is 4.74 Å². The number of ether oxygens (including phenoxy) is 1. The summed E-state index contributed by atoms with van der Waals surface area (Å²) in [7, 11) is 0. The summed E-state index contributed by atoms with van der Waals surface area (Å²) in [5.41, 5.74) is 0. The summed E-state index contributed by atoms with van der Waals surface area (Å²) in [4.78, 5) is 22.8. The predicted molar refractivity (Wildman–Crippen MR) is 75.4 cm³/mol. The third-order valence-corrected chi connectivity index (χ3v) is 2.66. The number of amides is 2. The van der Waals surface area contributed by atoms with Gasteiger partial charge in [-0.15, -0.1) is 12.4 Å². The molecule has 112 valence electrons. The molecule has 1 heterocycles. The van der Waals surface area contributed by atoms with Crippen LogP contribution in [0.1, 0.15) is 26.2 Å². The van der Waals surface area contributed by atoms with E-state index in [2.05, 4.69) is 16.0 Å².